The molecule has 0 saturated heterocycles. The van der Waals surface area contributed by atoms with E-state index in [0.29, 0.717) is 0 Å². The van der Waals surface area contributed by atoms with Gasteiger partial charge in [0.05, 0.1) is 12.8 Å². The van der Waals surface area contributed by atoms with E-state index in [-0.39, 0.29) is 19.5 Å². The normalized spacial score (nSPS) is 13.4. The average Bonchev–Trinajstić information content (AvgIpc) is 2.30. The van der Waals surface area contributed by atoms with E-state index in [0.717, 1.165) is 0 Å². The summed E-state index contributed by atoms with van der Waals surface area (Å²) in [5.41, 5.74) is 0. The Hall–Kier alpha value is -2.20. The largest absolute Gasteiger partial charge is 0.481 e. The Kier molecular flexibility index (Phi) is 7.85. The highest BCUT2D eigenvalue weighted by Crippen LogP contribution is 1.94. The lowest BCUT2D eigenvalue weighted by Crippen LogP contribution is -2.50. The summed E-state index contributed by atoms with van der Waals surface area (Å²) < 4.78 is 0. The molecule has 2 atom stereocenters. The van der Waals surface area contributed by atoms with E-state index in [1.807, 2.05) is 0 Å². The summed E-state index contributed by atoms with van der Waals surface area (Å²) in [6.45, 7) is -0.455. The van der Waals surface area contributed by atoms with Gasteiger partial charge in [-0.15, -0.1) is 0 Å². The summed E-state index contributed by atoms with van der Waals surface area (Å²) >= 11 is 0. The van der Waals surface area contributed by atoms with Crippen molar-refractivity contribution >= 4 is 23.9 Å². The predicted octanol–water partition coefficient (Wildman–Crippen LogP) is -1.98. The average molecular weight is 292 g/mol. The van der Waals surface area contributed by atoms with Gasteiger partial charge in [-0.2, -0.15) is 0 Å². The number of carbonyl (C=O) groups is 4. The molecule has 0 aliphatic heterocycles. The van der Waals surface area contributed by atoms with Crippen molar-refractivity contribution in [3.63, 3.8) is 0 Å². The molecular weight excluding hydrogens is 276 g/mol. The van der Waals surface area contributed by atoms with Crippen molar-refractivity contribution in [2.75, 3.05) is 13.1 Å². The summed E-state index contributed by atoms with van der Waals surface area (Å²) in [6, 6.07) is -2.64. The first-order valence-corrected chi connectivity index (χ1v) is 5.60. The van der Waals surface area contributed by atoms with E-state index < -0.39 is 42.4 Å². The lowest BCUT2D eigenvalue weighted by atomic mass is 10.2. The maximum Gasteiger partial charge on any atom is 0.322 e. The van der Waals surface area contributed by atoms with Gasteiger partial charge < -0.3 is 31.1 Å². The Morgan fingerprint density at radius 3 is 1.75 bits per heavy atom. The minimum atomic E-state index is -1.42. The molecular formula is C10H16N2O8. The molecule has 0 aliphatic carbocycles. The van der Waals surface area contributed by atoms with Gasteiger partial charge in [-0.1, -0.05) is 0 Å². The maximum absolute atomic E-state index is 10.9. The van der Waals surface area contributed by atoms with E-state index in [1.54, 1.807) is 0 Å². The second-order valence-electron chi connectivity index (χ2n) is 3.89. The highest BCUT2D eigenvalue weighted by atomic mass is 16.4. The number of carboxylic acid groups (broad SMARTS) is 4. The molecule has 0 bridgehead atoms. The Morgan fingerprint density at radius 1 is 0.800 bits per heavy atom. The molecule has 6 N–H and O–H groups in total. The van der Waals surface area contributed by atoms with Crippen LogP contribution in [0.5, 0.6) is 0 Å². The third-order valence-corrected chi connectivity index (χ3v) is 2.27. The van der Waals surface area contributed by atoms with Crippen molar-refractivity contribution in [3.8, 4) is 0 Å². The topological polar surface area (TPSA) is 173 Å². The summed E-state index contributed by atoms with van der Waals surface area (Å²) in [5.74, 6) is -5.16. The smallest absolute Gasteiger partial charge is 0.322 e. The van der Waals surface area contributed by atoms with Crippen molar-refractivity contribution in [3.05, 3.63) is 0 Å². The van der Waals surface area contributed by atoms with Crippen molar-refractivity contribution in [2.24, 2.45) is 0 Å². The molecule has 0 amide bonds. The molecule has 0 saturated carbocycles. The van der Waals surface area contributed by atoms with Crippen LogP contribution in [0.4, 0.5) is 0 Å². The van der Waals surface area contributed by atoms with E-state index >= 15 is 0 Å². The van der Waals surface area contributed by atoms with Gasteiger partial charge in [-0.05, 0) is 0 Å². The van der Waals surface area contributed by atoms with Crippen LogP contribution in [0.2, 0.25) is 0 Å². The molecule has 10 nitrogen and oxygen atoms in total. The predicted molar refractivity (Wildman–Crippen MR) is 63.4 cm³/mol. The van der Waals surface area contributed by atoms with Crippen LogP contribution >= 0.6 is 0 Å². The van der Waals surface area contributed by atoms with Gasteiger partial charge in [-0.25, -0.2) is 0 Å². The number of aliphatic carboxylic acids is 4. The quantitative estimate of drug-likeness (QED) is 0.250. The van der Waals surface area contributed by atoms with Gasteiger partial charge in [-0.3, -0.25) is 19.2 Å². The molecule has 0 rings (SSSR count). The summed E-state index contributed by atoms with van der Waals surface area (Å²) in [6.07, 6.45) is -0.988. The van der Waals surface area contributed by atoms with Crippen molar-refractivity contribution < 1.29 is 39.6 Å². The molecule has 0 aromatic rings. The monoisotopic (exact) mass is 292 g/mol. The van der Waals surface area contributed by atoms with Crippen LogP contribution in [0.3, 0.4) is 0 Å². The van der Waals surface area contributed by atoms with Crippen molar-refractivity contribution in [2.45, 2.75) is 24.9 Å². The zero-order valence-corrected chi connectivity index (χ0v) is 10.4. The summed E-state index contributed by atoms with van der Waals surface area (Å²) in [5, 5.41) is 39.2. The Labute approximate surface area is 113 Å². The Balaban J connectivity index is 4.36. The zero-order valence-electron chi connectivity index (χ0n) is 10.4. The van der Waals surface area contributed by atoms with Gasteiger partial charge in [0.1, 0.15) is 12.1 Å². The fraction of sp³-hybridized carbons (Fsp3) is 0.600. The van der Waals surface area contributed by atoms with Gasteiger partial charge in [0.25, 0.3) is 0 Å². The lowest BCUT2D eigenvalue weighted by molar-refractivity contribution is -0.146. The highest BCUT2D eigenvalue weighted by Gasteiger charge is 2.24. The Morgan fingerprint density at radius 2 is 1.35 bits per heavy atom. The van der Waals surface area contributed by atoms with Crippen LogP contribution in [-0.4, -0.2) is 69.5 Å². The number of rotatable bonds is 11. The van der Waals surface area contributed by atoms with E-state index in [2.05, 4.69) is 10.6 Å². The van der Waals surface area contributed by atoms with Crippen LogP contribution in [-0.2, 0) is 19.2 Å². The van der Waals surface area contributed by atoms with E-state index in [1.165, 1.54) is 0 Å². The molecule has 20 heavy (non-hydrogen) atoms. The van der Waals surface area contributed by atoms with E-state index in [4.69, 9.17) is 20.4 Å². The number of carboxylic acids is 4. The fourth-order valence-electron chi connectivity index (χ4n) is 1.28. The molecule has 0 aromatic heterocycles. The first-order chi connectivity index (χ1) is 9.23. The molecule has 0 aliphatic rings. The van der Waals surface area contributed by atoms with Crippen LogP contribution in [0.1, 0.15) is 12.8 Å². The minimum absolute atomic E-state index is 0.106. The third kappa shape index (κ3) is 8.00. The number of hydrogen-bond acceptors (Lipinski definition) is 6. The fourth-order valence-corrected chi connectivity index (χ4v) is 1.28. The third-order valence-electron chi connectivity index (χ3n) is 2.27. The standard InChI is InChI=1S/C10H16N2O8/c13-7(14)1-2-11-6(10(19)20)4-12-5(9(17)18)3-8(15)16/h5-6,11-12H,1-4H2,(H,13,14)(H,15,16)(H,17,18)(H,19,20). The first-order valence-electron chi connectivity index (χ1n) is 5.60. The molecule has 0 aromatic carbocycles. The molecule has 0 radical (unpaired) electrons. The summed E-state index contributed by atoms with van der Waals surface area (Å²) in [4.78, 5) is 42.3. The van der Waals surface area contributed by atoms with Crippen LogP contribution in [0.25, 0.3) is 0 Å². The first kappa shape index (κ1) is 17.8. The van der Waals surface area contributed by atoms with Crippen LogP contribution < -0.4 is 10.6 Å². The number of nitrogens with one attached hydrogen (secondary N) is 2. The molecule has 2 unspecified atom stereocenters. The Bertz CT molecular complexity index is 383. The van der Waals surface area contributed by atoms with Gasteiger partial charge in [0.2, 0.25) is 0 Å². The van der Waals surface area contributed by atoms with E-state index in [9.17, 15) is 19.2 Å². The second kappa shape index (κ2) is 8.82. The molecule has 114 valence electrons. The SMILES string of the molecule is O=C(O)CCNC(CNC(CC(=O)O)C(=O)O)C(=O)O. The molecule has 10 heteroatoms. The highest BCUT2D eigenvalue weighted by molar-refractivity contribution is 5.80. The minimum Gasteiger partial charge on any atom is -0.481 e. The zero-order chi connectivity index (χ0) is 15.7. The summed E-state index contributed by atoms with van der Waals surface area (Å²) in [7, 11) is 0. The van der Waals surface area contributed by atoms with Crippen LogP contribution in [0.15, 0.2) is 0 Å². The second-order valence-corrected chi connectivity index (χ2v) is 3.89. The van der Waals surface area contributed by atoms with Crippen molar-refractivity contribution in [1.29, 1.82) is 0 Å². The van der Waals surface area contributed by atoms with Crippen molar-refractivity contribution in [1.82, 2.24) is 10.6 Å². The maximum atomic E-state index is 10.9. The number of hydrogen-bond donors (Lipinski definition) is 6. The molecule has 0 fully saturated rings. The van der Waals surface area contributed by atoms with Gasteiger partial charge in [0.15, 0.2) is 0 Å². The van der Waals surface area contributed by atoms with Gasteiger partial charge >= 0.3 is 23.9 Å². The molecule has 0 spiro atoms. The van der Waals surface area contributed by atoms with Crippen LogP contribution in [0, 0.1) is 0 Å². The molecule has 0 heterocycles. The van der Waals surface area contributed by atoms with Gasteiger partial charge in [0, 0.05) is 13.1 Å². The lowest BCUT2D eigenvalue weighted by Gasteiger charge is -2.18.